The van der Waals surface area contributed by atoms with Crippen molar-refractivity contribution in [2.75, 3.05) is 23.7 Å². The number of carbonyl (C=O) groups is 2. The zero-order chi connectivity index (χ0) is 22.0. The highest BCUT2D eigenvalue weighted by molar-refractivity contribution is 7.89. The molecule has 2 N–H and O–H groups in total. The van der Waals surface area contributed by atoms with Crippen LogP contribution in [0.1, 0.15) is 48.0 Å². The van der Waals surface area contributed by atoms with Crippen LogP contribution in [0.3, 0.4) is 0 Å². The molecule has 2 amide bonds. The fourth-order valence-electron chi connectivity index (χ4n) is 3.67. The van der Waals surface area contributed by atoms with E-state index in [1.807, 2.05) is 13.0 Å². The number of nitrogens with one attached hydrogen (secondary N) is 2. The van der Waals surface area contributed by atoms with E-state index in [1.165, 1.54) is 16.4 Å². The van der Waals surface area contributed by atoms with Crippen LogP contribution in [-0.4, -0.2) is 37.6 Å². The minimum absolute atomic E-state index is 0.00301. The van der Waals surface area contributed by atoms with E-state index in [-0.39, 0.29) is 22.3 Å². The third-order valence-electron chi connectivity index (χ3n) is 5.75. The standard InChI is InChI=1S/C23H27N3O4S/c1-16-8-11-19(24-22(27)17-9-10-17)15-21(16)25-23(28)18-6-5-7-20(14-18)31(29,30)26-12-3-2-4-13-26/h5-8,11,14-15,17H,2-4,9-10,12-13H2,1H3,(H,24,27)(H,25,28). The molecule has 0 aromatic heterocycles. The molecule has 1 heterocycles. The molecule has 0 spiro atoms. The van der Waals surface area contributed by atoms with Crippen molar-refractivity contribution >= 4 is 33.2 Å². The lowest BCUT2D eigenvalue weighted by atomic mass is 10.1. The molecule has 8 heteroatoms. The number of anilines is 2. The zero-order valence-electron chi connectivity index (χ0n) is 17.6. The molecule has 0 unspecified atom stereocenters. The number of aryl methyl sites for hydroxylation is 1. The van der Waals surface area contributed by atoms with Gasteiger partial charge in [-0.05, 0) is 68.5 Å². The van der Waals surface area contributed by atoms with E-state index in [2.05, 4.69) is 10.6 Å². The highest BCUT2D eigenvalue weighted by Crippen LogP contribution is 2.31. The highest BCUT2D eigenvalue weighted by Gasteiger charge is 2.30. The minimum Gasteiger partial charge on any atom is -0.326 e. The van der Waals surface area contributed by atoms with Crippen LogP contribution < -0.4 is 10.6 Å². The average molecular weight is 442 g/mol. The quantitative estimate of drug-likeness (QED) is 0.713. The van der Waals surface area contributed by atoms with Gasteiger partial charge in [0, 0.05) is 35.9 Å². The predicted molar refractivity (Wildman–Crippen MR) is 120 cm³/mol. The maximum absolute atomic E-state index is 12.9. The first-order chi connectivity index (χ1) is 14.8. The summed E-state index contributed by atoms with van der Waals surface area (Å²) in [5.74, 6) is -0.315. The number of rotatable bonds is 6. The summed E-state index contributed by atoms with van der Waals surface area (Å²) in [6.45, 7) is 2.88. The third-order valence-corrected chi connectivity index (χ3v) is 7.65. The van der Waals surface area contributed by atoms with Crippen molar-refractivity contribution in [3.05, 3.63) is 53.6 Å². The van der Waals surface area contributed by atoms with Gasteiger partial charge in [-0.25, -0.2) is 8.42 Å². The second kappa shape index (κ2) is 8.80. The Morgan fingerprint density at radius 3 is 2.42 bits per heavy atom. The van der Waals surface area contributed by atoms with Crippen LogP contribution in [0.4, 0.5) is 11.4 Å². The monoisotopic (exact) mass is 441 g/mol. The highest BCUT2D eigenvalue weighted by atomic mass is 32.2. The molecular weight excluding hydrogens is 414 g/mol. The van der Waals surface area contributed by atoms with Gasteiger partial charge >= 0.3 is 0 Å². The van der Waals surface area contributed by atoms with Crippen molar-refractivity contribution in [2.45, 2.75) is 43.9 Å². The molecule has 1 saturated heterocycles. The molecule has 0 radical (unpaired) electrons. The van der Waals surface area contributed by atoms with E-state index in [0.29, 0.717) is 24.5 Å². The molecule has 164 valence electrons. The molecule has 4 rings (SSSR count). The first-order valence-electron chi connectivity index (χ1n) is 10.7. The largest absolute Gasteiger partial charge is 0.326 e. The Hall–Kier alpha value is -2.71. The lowest BCUT2D eigenvalue weighted by Crippen LogP contribution is -2.35. The number of nitrogens with zero attached hydrogens (tertiary/aromatic N) is 1. The van der Waals surface area contributed by atoms with Gasteiger partial charge in [0.25, 0.3) is 5.91 Å². The zero-order valence-corrected chi connectivity index (χ0v) is 18.4. The first-order valence-corrected chi connectivity index (χ1v) is 12.1. The number of hydrogen-bond donors (Lipinski definition) is 2. The summed E-state index contributed by atoms with van der Waals surface area (Å²) >= 11 is 0. The molecule has 7 nitrogen and oxygen atoms in total. The van der Waals surface area contributed by atoms with Gasteiger partial charge in [0.1, 0.15) is 0 Å². The smallest absolute Gasteiger partial charge is 0.255 e. The summed E-state index contributed by atoms with van der Waals surface area (Å²) in [6, 6.07) is 11.5. The normalized spacial score (nSPS) is 17.2. The molecule has 0 bridgehead atoms. The van der Waals surface area contributed by atoms with Crippen molar-refractivity contribution < 1.29 is 18.0 Å². The molecule has 1 aliphatic heterocycles. The summed E-state index contributed by atoms with van der Waals surface area (Å²) < 4.78 is 27.4. The first kappa shape index (κ1) is 21.5. The van der Waals surface area contributed by atoms with E-state index in [9.17, 15) is 18.0 Å². The lowest BCUT2D eigenvalue weighted by Gasteiger charge is -2.26. The Bertz CT molecular complexity index is 1100. The van der Waals surface area contributed by atoms with E-state index in [1.54, 1.807) is 24.3 Å². The van der Waals surface area contributed by atoms with Gasteiger partial charge in [0.15, 0.2) is 0 Å². The molecule has 2 fully saturated rings. The third kappa shape index (κ3) is 4.97. The predicted octanol–water partition coefficient (Wildman–Crippen LogP) is 3.77. The van der Waals surface area contributed by atoms with Crippen LogP contribution in [-0.2, 0) is 14.8 Å². The Balaban J connectivity index is 1.51. The van der Waals surface area contributed by atoms with Crippen molar-refractivity contribution in [3.63, 3.8) is 0 Å². The Morgan fingerprint density at radius 1 is 0.968 bits per heavy atom. The number of amides is 2. The summed E-state index contributed by atoms with van der Waals surface area (Å²) in [6.07, 6.45) is 4.57. The van der Waals surface area contributed by atoms with Crippen LogP contribution in [0.25, 0.3) is 0 Å². The fourth-order valence-corrected chi connectivity index (χ4v) is 5.23. The molecular formula is C23H27N3O4S. The fraction of sp³-hybridized carbons (Fsp3) is 0.391. The second-order valence-corrected chi connectivity index (χ2v) is 10.2. The molecule has 1 aliphatic carbocycles. The number of piperidine rings is 1. The van der Waals surface area contributed by atoms with E-state index >= 15 is 0 Å². The summed E-state index contributed by atoms with van der Waals surface area (Å²) in [7, 11) is -3.62. The van der Waals surface area contributed by atoms with E-state index < -0.39 is 15.9 Å². The maximum atomic E-state index is 12.9. The minimum atomic E-state index is -3.62. The van der Waals surface area contributed by atoms with Gasteiger partial charge in [0.05, 0.1) is 4.90 Å². The Kier molecular flexibility index (Phi) is 6.11. The van der Waals surface area contributed by atoms with E-state index in [0.717, 1.165) is 37.7 Å². The maximum Gasteiger partial charge on any atom is 0.255 e. The summed E-state index contributed by atoms with van der Waals surface area (Å²) in [4.78, 5) is 25.0. The van der Waals surface area contributed by atoms with Gasteiger partial charge in [-0.1, -0.05) is 18.6 Å². The van der Waals surface area contributed by atoms with Gasteiger partial charge in [-0.15, -0.1) is 0 Å². The van der Waals surface area contributed by atoms with Crippen LogP contribution in [0.5, 0.6) is 0 Å². The number of carbonyl (C=O) groups excluding carboxylic acids is 2. The lowest BCUT2D eigenvalue weighted by molar-refractivity contribution is -0.117. The van der Waals surface area contributed by atoms with Gasteiger partial charge in [-0.3, -0.25) is 9.59 Å². The summed E-state index contributed by atoms with van der Waals surface area (Å²) in [5.41, 5.74) is 2.31. The topological polar surface area (TPSA) is 95.6 Å². The molecule has 2 aromatic carbocycles. The van der Waals surface area contributed by atoms with Crippen LogP contribution in [0.15, 0.2) is 47.4 Å². The van der Waals surface area contributed by atoms with Crippen molar-refractivity contribution in [1.82, 2.24) is 4.31 Å². The number of sulfonamides is 1. The summed E-state index contributed by atoms with van der Waals surface area (Å²) in [5, 5.41) is 5.72. The van der Waals surface area contributed by atoms with Crippen LogP contribution >= 0.6 is 0 Å². The van der Waals surface area contributed by atoms with Gasteiger partial charge in [-0.2, -0.15) is 4.31 Å². The van der Waals surface area contributed by atoms with E-state index in [4.69, 9.17) is 0 Å². The van der Waals surface area contributed by atoms with Crippen molar-refractivity contribution in [3.8, 4) is 0 Å². The van der Waals surface area contributed by atoms with Gasteiger partial charge < -0.3 is 10.6 Å². The van der Waals surface area contributed by atoms with Crippen LogP contribution in [0.2, 0.25) is 0 Å². The molecule has 2 aliphatic rings. The Labute approximate surface area is 182 Å². The average Bonchev–Trinajstić information content (AvgIpc) is 3.62. The number of benzene rings is 2. The molecule has 2 aromatic rings. The second-order valence-electron chi connectivity index (χ2n) is 8.24. The number of hydrogen-bond acceptors (Lipinski definition) is 4. The molecule has 31 heavy (non-hydrogen) atoms. The molecule has 0 atom stereocenters. The molecule has 1 saturated carbocycles. The van der Waals surface area contributed by atoms with Crippen molar-refractivity contribution in [1.29, 1.82) is 0 Å². The van der Waals surface area contributed by atoms with Crippen molar-refractivity contribution in [2.24, 2.45) is 5.92 Å². The Morgan fingerprint density at radius 2 is 1.71 bits per heavy atom. The SMILES string of the molecule is Cc1ccc(NC(=O)C2CC2)cc1NC(=O)c1cccc(S(=O)(=O)N2CCCCC2)c1. The van der Waals surface area contributed by atoms with Crippen LogP contribution in [0, 0.1) is 12.8 Å². The van der Waals surface area contributed by atoms with Gasteiger partial charge in [0.2, 0.25) is 15.9 Å².